The van der Waals surface area contributed by atoms with Gasteiger partial charge in [0.05, 0.1) is 11.7 Å². The van der Waals surface area contributed by atoms with Crippen LogP contribution in [0.1, 0.15) is 38.2 Å². The minimum atomic E-state index is -4.31. The number of aliphatic hydroxyl groups is 1. The highest BCUT2D eigenvalue weighted by Gasteiger charge is 2.36. The first-order chi connectivity index (χ1) is 11.3. The van der Waals surface area contributed by atoms with Gasteiger partial charge in [0.2, 0.25) is 0 Å². The predicted octanol–water partition coefficient (Wildman–Crippen LogP) is 3.16. The van der Waals surface area contributed by atoms with E-state index in [0.29, 0.717) is 19.1 Å². The summed E-state index contributed by atoms with van der Waals surface area (Å²) in [5.41, 5.74) is -0.633. The molecule has 3 heterocycles. The van der Waals surface area contributed by atoms with E-state index in [1.165, 1.54) is 12.3 Å². The molecule has 2 aliphatic rings. The van der Waals surface area contributed by atoms with Crippen molar-refractivity contribution in [3.05, 3.63) is 23.9 Å². The maximum absolute atomic E-state index is 12.6. The predicted molar refractivity (Wildman–Crippen MR) is 88.0 cm³/mol. The van der Waals surface area contributed by atoms with Crippen LogP contribution in [0.4, 0.5) is 19.0 Å². The Bertz CT molecular complexity index is 518. The van der Waals surface area contributed by atoms with Crippen molar-refractivity contribution < 1.29 is 18.3 Å². The molecule has 0 radical (unpaired) electrons. The Hall–Kier alpha value is -1.34. The lowest BCUT2D eigenvalue weighted by Crippen LogP contribution is -2.39. The molecule has 1 N–H and O–H groups in total. The number of piperidine rings is 1. The zero-order chi connectivity index (χ0) is 17.7. The molecular weight excluding hydrogens is 319 g/mol. The van der Waals surface area contributed by atoms with Gasteiger partial charge in [-0.3, -0.25) is 0 Å². The Morgan fingerprint density at radius 1 is 1.21 bits per heavy atom. The number of alkyl halides is 3. The summed E-state index contributed by atoms with van der Waals surface area (Å²) in [7, 11) is 2.11. The molecule has 0 aliphatic carbocycles. The fraction of sp³-hybridized carbons (Fsp3) is 0.706. The molecule has 1 aromatic heterocycles. The topological polar surface area (TPSA) is 39.6 Å². The summed E-state index contributed by atoms with van der Waals surface area (Å²) in [5, 5.41) is 9.17. The van der Waals surface area contributed by atoms with Crippen LogP contribution in [-0.2, 0) is 6.18 Å². The largest absolute Gasteiger partial charge is 0.419 e. The molecule has 2 saturated heterocycles. The third-order valence-electron chi connectivity index (χ3n) is 4.68. The van der Waals surface area contributed by atoms with Crippen LogP contribution in [0, 0.1) is 0 Å². The molecule has 0 bridgehead atoms. The zero-order valence-electron chi connectivity index (χ0n) is 14.3. The van der Waals surface area contributed by atoms with Crippen LogP contribution in [0.5, 0.6) is 0 Å². The second-order valence-corrected chi connectivity index (χ2v) is 6.57. The Labute approximate surface area is 141 Å². The molecule has 0 aromatic carbocycles. The van der Waals surface area contributed by atoms with Crippen LogP contribution in [0.15, 0.2) is 18.3 Å². The van der Waals surface area contributed by atoms with Crippen molar-refractivity contribution in [2.45, 2.75) is 50.9 Å². The molecule has 0 saturated carbocycles. The number of aliphatic hydroxyl groups excluding tert-OH is 1. The fourth-order valence-electron chi connectivity index (χ4n) is 3.06. The first kappa shape index (κ1) is 19.0. The number of likely N-dealkylation sites (tertiary alicyclic amines) is 1. The highest BCUT2D eigenvalue weighted by Crippen LogP contribution is 2.35. The molecule has 136 valence electrons. The number of anilines is 1. The van der Waals surface area contributed by atoms with Gasteiger partial charge in [0, 0.05) is 31.9 Å². The molecule has 24 heavy (non-hydrogen) atoms. The third kappa shape index (κ3) is 5.08. The Morgan fingerprint density at radius 3 is 2.42 bits per heavy atom. The second kappa shape index (κ2) is 8.16. The smallest absolute Gasteiger partial charge is 0.393 e. The summed E-state index contributed by atoms with van der Waals surface area (Å²) in [4.78, 5) is 7.81. The fourth-order valence-corrected chi connectivity index (χ4v) is 3.06. The van der Waals surface area contributed by atoms with Gasteiger partial charge in [-0.2, -0.15) is 13.2 Å². The van der Waals surface area contributed by atoms with Crippen molar-refractivity contribution in [1.82, 2.24) is 9.88 Å². The van der Waals surface area contributed by atoms with Gasteiger partial charge in [0.15, 0.2) is 0 Å². The maximum atomic E-state index is 12.6. The number of halogens is 3. The summed E-state index contributed by atoms with van der Waals surface area (Å²) in [6.45, 7) is 4.53. The van der Waals surface area contributed by atoms with Crippen LogP contribution >= 0.6 is 0 Å². The standard InChI is InChI=1S/C10H11F3N2.C7H15NO/c11-10(12,13)8-4-3-5-14-9(8)15-6-1-2-7-15;1-6-5-7(9)3-4-8(6)2/h3-5H,1-2,6-7H2;6-7,9H,3-5H2,1-2H3. The molecule has 2 fully saturated rings. The average Bonchev–Trinajstić information content (AvgIpc) is 3.05. The van der Waals surface area contributed by atoms with Crippen molar-refractivity contribution >= 4 is 5.82 Å². The Morgan fingerprint density at radius 2 is 1.88 bits per heavy atom. The number of rotatable bonds is 1. The van der Waals surface area contributed by atoms with Crippen LogP contribution in [0.2, 0.25) is 0 Å². The highest BCUT2D eigenvalue weighted by atomic mass is 19.4. The molecule has 3 rings (SSSR count). The SMILES string of the molecule is CC1CC(O)CCN1C.FC(F)(F)c1cccnc1N1CCCC1. The summed E-state index contributed by atoms with van der Waals surface area (Å²) in [6.07, 6.45) is 0.810. The van der Waals surface area contributed by atoms with Crippen LogP contribution in [0.3, 0.4) is 0 Å². The van der Waals surface area contributed by atoms with Gasteiger partial charge in [-0.05, 0) is 51.8 Å². The van der Waals surface area contributed by atoms with Gasteiger partial charge < -0.3 is 14.9 Å². The summed E-state index contributed by atoms with van der Waals surface area (Å²) < 4.78 is 37.9. The first-order valence-corrected chi connectivity index (χ1v) is 8.44. The Kier molecular flexibility index (Phi) is 6.46. The van der Waals surface area contributed by atoms with Crippen molar-refractivity contribution in [2.75, 3.05) is 31.6 Å². The van der Waals surface area contributed by atoms with Crippen LogP contribution in [-0.4, -0.2) is 53.8 Å². The van der Waals surface area contributed by atoms with Gasteiger partial charge in [-0.25, -0.2) is 4.98 Å². The summed E-state index contributed by atoms with van der Waals surface area (Å²) in [5.74, 6) is 0.0718. The van der Waals surface area contributed by atoms with Gasteiger partial charge in [-0.15, -0.1) is 0 Å². The molecule has 4 nitrogen and oxygen atoms in total. The van der Waals surface area contributed by atoms with Crippen molar-refractivity contribution in [2.24, 2.45) is 0 Å². The number of hydrogen-bond acceptors (Lipinski definition) is 4. The van der Waals surface area contributed by atoms with Crippen molar-refractivity contribution in [3.63, 3.8) is 0 Å². The van der Waals surface area contributed by atoms with E-state index in [9.17, 15) is 18.3 Å². The number of aromatic nitrogens is 1. The highest BCUT2D eigenvalue weighted by molar-refractivity contribution is 5.48. The van der Waals surface area contributed by atoms with Gasteiger partial charge in [0.25, 0.3) is 0 Å². The molecule has 2 atom stereocenters. The monoisotopic (exact) mass is 345 g/mol. The van der Waals surface area contributed by atoms with Gasteiger partial charge in [0.1, 0.15) is 5.82 Å². The maximum Gasteiger partial charge on any atom is 0.419 e. The molecule has 1 aromatic rings. The van der Waals surface area contributed by atoms with Crippen molar-refractivity contribution in [1.29, 1.82) is 0 Å². The number of nitrogens with zero attached hydrogens (tertiary/aromatic N) is 3. The lowest BCUT2D eigenvalue weighted by atomic mass is 10.0. The van der Waals surface area contributed by atoms with E-state index in [4.69, 9.17) is 0 Å². The quantitative estimate of drug-likeness (QED) is 0.849. The molecule has 0 amide bonds. The van der Waals surface area contributed by atoms with E-state index in [-0.39, 0.29) is 11.9 Å². The van der Waals surface area contributed by atoms with Crippen LogP contribution < -0.4 is 4.90 Å². The molecule has 2 unspecified atom stereocenters. The third-order valence-corrected chi connectivity index (χ3v) is 4.68. The van der Waals surface area contributed by atoms with E-state index in [1.807, 2.05) is 0 Å². The second-order valence-electron chi connectivity index (χ2n) is 6.57. The first-order valence-electron chi connectivity index (χ1n) is 8.44. The molecular formula is C17H26F3N3O. The number of hydrogen-bond donors (Lipinski definition) is 1. The van der Waals surface area contributed by atoms with Crippen molar-refractivity contribution in [3.8, 4) is 0 Å². The van der Waals surface area contributed by atoms with E-state index in [2.05, 4.69) is 23.9 Å². The molecule has 0 spiro atoms. The van der Waals surface area contributed by atoms with E-state index < -0.39 is 11.7 Å². The van der Waals surface area contributed by atoms with Gasteiger partial charge in [-0.1, -0.05) is 0 Å². The lowest BCUT2D eigenvalue weighted by Gasteiger charge is -2.32. The minimum Gasteiger partial charge on any atom is -0.393 e. The zero-order valence-corrected chi connectivity index (χ0v) is 14.3. The van der Waals surface area contributed by atoms with E-state index in [1.54, 1.807) is 4.90 Å². The molecule has 7 heteroatoms. The summed E-state index contributed by atoms with van der Waals surface area (Å²) >= 11 is 0. The Balaban J connectivity index is 0.000000198. The normalized spacial score (nSPS) is 25.3. The minimum absolute atomic E-state index is 0.0452. The molecule has 2 aliphatic heterocycles. The van der Waals surface area contributed by atoms with E-state index >= 15 is 0 Å². The lowest BCUT2D eigenvalue weighted by molar-refractivity contribution is -0.137. The van der Waals surface area contributed by atoms with Gasteiger partial charge >= 0.3 is 6.18 Å². The van der Waals surface area contributed by atoms with Crippen LogP contribution in [0.25, 0.3) is 0 Å². The average molecular weight is 345 g/mol. The number of pyridine rings is 1. The van der Waals surface area contributed by atoms with E-state index in [0.717, 1.165) is 38.3 Å². The summed E-state index contributed by atoms with van der Waals surface area (Å²) in [6, 6.07) is 2.97.